The van der Waals surface area contributed by atoms with E-state index in [1.54, 1.807) is 6.07 Å². The van der Waals surface area contributed by atoms with Crippen molar-refractivity contribution in [2.45, 2.75) is 45.2 Å². The molecule has 1 unspecified atom stereocenters. The third-order valence-corrected chi connectivity index (χ3v) is 5.17. The summed E-state index contributed by atoms with van der Waals surface area (Å²) >= 11 is 0. The molecule has 4 nitrogen and oxygen atoms in total. The van der Waals surface area contributed by atoms with Gasteiger partial charge >= 0.3 is 6.36 Å². The van der Waals surface area contributed by atoms with Crippen LogP contribution in [0.15, 0.2) is 42.5 Å². The van der Waals surface area contributed by atoms with Crippen molar-refractivity contribution in [1.29, 1.82) is 0 Å². The van der Waals surface area contributed by atoms with E-state index in [-0.39, 0.29) is 5.75 Å². The van der Waals surface area contributed by atoms with E-state index in [1.165, 1.54) is 18.6 Å². The smallest absolute Gasteiger partial charge is 0.484 e. The number of hydrogen-bond acceptors (Lipinski definition) is 4. The van der Waals surface area contributed by atoms with Crippen LogP contribution in [0, 0.1) is 0 Å². The zero-order valence-electron chi connectivity index (χ0n) is 16.1. The number of ether oxygens (including phenoxy) is 2. The molecule has 2 aromatic carbocycles. The number of rotatable bonds is 3. The summed E-state index contributed by atoms with van der Waals surface area (Å²) in [5.41, 5.74) is 2.30. The van der Waals surface area contributed by atoms with Gasteiger partial charge in [0.15, 0.2) is 0 Å². The van der Waals surface area contributed by atoms with Crippen LogP contribution in [0.2, 0.25) is 0 Å². The van der Waals surface area contributed by atoms with Gasteiger partial charge in [-0.2, -0.15) is 0 Å². The second kappa shape index (κ2) is 6.50. The normalized spacial score (nSPS) is 20.9. The fourth-order valence-electron chi connectivity index (χ4n) is 3.76. The monoisotopic (exact) mass is 392 g/mol. The summed E-state index contributed by atoms with van der Waals surface area (Å²) in [7, 11) is 0. The molecule has 2 aromatic rings. The van der Waals surface area contributed by atoms with Crippen molar-refractivity contribution in [2.75, 3.05) is 22.9 Å². The Morgan fingerprint density at radius 1 is 1.11 bits per heavy atom. The summed E-state index contributed by atoms with van der Waals surface area (Å²) in [5, 5.41) is 0. The first kappa shape index (κ1) is 18.8. The Morgan fingerprint density at radius 3 is 2.50 bits per heavy atom. The fraction of sp³-hybridized carbons (Fsp3) is 0.429. The molecule has 0 N–H and O–H groups in total. The van der Waals surface area contributed by atoms with E-state index in [2.05, 4.69) is 33.6 Å². The number of nitrogens with zero attached hydrogens (tertiary/aromatic N) is 2. The van der Waals surface area contributed by atoms with Crippen LogP contribution in [0.4, 0.5) is 30.2 Å². The molecule has 7 heteroatoms. The van der Waals surface area contributed by atoms with Crippen LogP contribution in [0.25, 0.3) is 0 Å². The topological polar surface area (TPSA) is 24.9 Å². The molecule has 0 amide bonds. The van der Waals surface area contributed by atoms with Gasteiger partial charge in [-0.3, -0.25) is 0 Å². The lowest BCUT2D eigenvalue weighted by atomic mass is 10.0. The summed E-state index contributed by atoms with van der Waals surface area (Å²) in [6, 6.07) is 13.0. The quantitative estimate of drug-likeness (QED) is 0.689. The molecule has 4 rings (SSSR count). The molecular weight excluding hydrogens is 369 g/mol. The van der Waals surface area contributed by atoms with Gasteiger partial charge in [-0.15, -0.1) is 13.2 Å². The molecule has 0 aromatic heterocycles. The van der Waals surface area contributed by atoms with Gasteiger partial charge in [0, 0.05) is 30.0 Å². The summed E-state index contributed by atoms with van der Waals surface area (Å²) in [6.45, 7) is 7.65. The molecule has 1 fully saturated rings. The molecule has 1 saturated heterocycles. The molecule has 1 atom stereocenters. The highest BCUT2D eigenvalue weighted by Gasteiger charge is 2.35. The highest BCUT2D eigenvalue weighted by molar-refractivity contribution is 5.74. The first-order chi connectivity index (χ1) is 13.1. The van der Waals surface area contributed by atoms with Crippen LogP contribution in [-0.4, -0.2) is 31.1 Å². The molecule has 150 valence electrons. The molecule has 2 heterocycles. The Bertz CT molecular complexity index is 882. The van der Waals surface area contributed by atoms with Gasteiger partial charge in [0.1, 0.15) is 17.1 Å². The van der Waals surface area contributed by atoms with Gasteiger partial charge in [-0.25, -0.2) is 0 Å². The number of fused-ring (bicyclic) bond motifs is 1. The van der Waals surface area contributed by atoms with Crippen molar-refractivity contribution in [3.63, 3.8) is 0 Å². The van der Waals surface area contributed by atoms with Crippen molar-refractivity contribution in [3.05, 3.63) is 42.5 Å². The molecular formula is C21H23F3N2O2. The lowest BCUT2D eigenvalue weighted by Crippen LogP contribution is -2.46. The number of hydrogen-bond donors (Lipinski definition) is 0. The molecule has 0 bridgehead atoms. The van der Waals surface area contributed by atoms with Gasteiger partial charge in [-0.05, 0) is 57.5 Å². The largest absolute Gasteiger partial charge is 0.573 e. The third-order valence-electron chi connectivity index (χ3n) is 5.17. The average molecular weight is 392 g/mol. The lowest BCUT2D eigenvalue weighted by molar-refractivity contribution is -0.274. The van der Waals surface area contributed by atoms with Crippen LogP contribution in [0.5, 0.6) is 11.5 Å². The zero-order chi connectivity index (χ0) is 20.1. The maximum absolute atomic E-state index is 12.6. The van der Waals surface area contributed by atoms with E-state index in [4.69, 9.17) is 4.74 Å². The Morgan fingerprint density at radius 2 is 1.86 bits per heavy atom. The van der Waals surface area contributed by atoms with Crippen LogP contribution in [0.3, 0.4) is 0 Å². The van der Waals surface area contributed by atoms with Crippen molar-refractivity contribution in [3.8, 4) is 11.5 Å². The maximum atomic E-state index is 12.6. The summed E-state index contributed by atoms with van der Waals surface area (Å²) in [5.74, 6) is 0.0905. The van der Waals surface area contributed by atoms with Crippen molar-refractivity contribution < 1.29 is 22.6 Å². The average Bonchev–Trinajstić information content (AvgIpc) is 2.57. The lowest BCUT2D eigenvalue weighted by Gasteiger charge is -2.43. The van der Waals surface area contributed by atoms with Crippen molar-refractivity contribution >= 4 is 17.1 Å². The number of alkyl halides is 3. The maximum Gasteiger partial charge on any atom is 0.573 e. The zero-order valence-corrected chi connectivity index (χ0v) is 16.1. The number of halogens is 3. The van der Waals surface area contributed by atoms with Gasteiger partial charge in [0.25, 0.3) is 0 Å². The van der Waals surface area contributed by atoms with E-state index in [9.17, 15) is 13.2 Å². The molecule has 0 spiro atoms. The van der Waals surface area contributed by atoms with Crippen LogP contribution in [0.1, 0.15) is 27.2 Å². The van der Waals surface area contributed by atoms with Gasteiger partial charge in [0.2, 0.25) is 0 Å². The predicted octanol–water partition coefficient (Wildman–Crippen LogP) is 5.49. The molecule has 0 aliphatic carbocycles. The molecule has 2 aliphatic heterocycles. The van der Waals surface area contributed by atoms with Crippen LogP contribution in [-0.2, 0) is 0 Å². The van der Waals surface area contributed by atoms with Crippen molar-refractivity contribution in [2.24, 2.45) is 0 Å². The summed E-state index contributed by atoms with van der Waals surface area (Å²) in [6.07, 6.45) is -3.56. The highest BCUT2D eigenvalue weighted by Crippen LogP contribution is 2.44. The molecule has 28 heavy (non-hydrogen) atoms. The molecule has 0 radical (unpaired) electrons. The predicted molar refractivity (Wildman–Crippen MR) is 103 cm³/mol. The van der Waals surface area contributed by atoms with E-state index in [0.717, 1.165) is 23.6 Å². The second-order valence-corrected chi connectivity index (χ2v) is 7.98. The van der Waals surface area contributed by atoms with Gasteiger partial charge in [0.05, 0.1) is 12.2 Å². The second-order valence-electron chi connectivity index (χ2n) is 7.98. The Hall–Kier alpha value is -2.57. The Labute approximate surface area is 162 Å². The van der Waals surface area contributed by atoms with Crippen molar-refractivity contribution in [1.82, 2.24) is 0 Å². The Kier molecular flexibility index (Phi) is 4.36. The van der Waals surface area contributed by atoms with E-state index in [1.807, 2.05) is 26.0 Å². The van der Waals surface area contributed by atoms with Crippen LogP contribution < -0.4 is 19.3 Å². The third kappa shape index (κ3) is 3.70. The van der Waals surface area contributed by atoms with E-state index < -0.39 is 12.0 Å². The first-order valence-corrected chi connectivity index (χ1v) is 9.34. The van der Waals surface area contributed by atoms with Gasteiger partial charge in [-0.1, -0.05) is 6.07 Å². The van der Waals surface area contributed by atoms with E-state index >= 15 is 0 Å². The summed E-state index contributed by atoms with van der Waals surface area (Å²) in [4.78, 5) is 4.43. The minimum atomic E-state index is -4.74. The summed E-state index contributed by atoms with van der Waals surface area (Å²) < 4.78 is 47.7. The number of anilines is 3. The first-order valence-electron chi connectivity index (χ1n) is 9.34. The minimum Gasteiger partial charge on any atom is -0.484 e. The standard InChI is InChI=1S/C21H23F3N2O2/c1-14-9-10-25(14)15-5-4-6-16(11-15)26-13-20(2,3)28-19-12-17(7-8-18(19)26)27-21(22,23)24/h4-8,11-12,14H,9-10,13H2,1-3H3. The van der Waals surface area contributed by atoms with E-state index in [0.29, 0.717) is 18.3 Å². The molecule has 0 saturated carbocycles. The SMILES string of the molecule is CC1CCN1c1cccc(N2CC(C)(C)Oc3cc(OC(F)(F)F)ccc32)c1. The molecule has 2 aliphatic rings. The minimum absolute atomic E-state index is 0.285. The Balaban J connectivity index is 1.70. The fourth-order valence-corrected chi connectivity index (χ4v) is 3.76. The highest BCUT2D eigenvalue weighted by atomic mass is 19.4. The van der Waals surface area contributed by atoms with Gasteiger partial charge < -0.3 is 19.3 Å². The number of benzene rings is 2. The van der Waals surface area contributed by atoms with Crippen LogP contribution >= 0.6 is 0 Å².